The van der Waals surface area contributed by atoms with Crippen molar-refractivity contribution in [2.45, 2.75) is 18.9 Å². The number of ether oxygens (including phenoxy) is 1. The van der Waals surface area contributed by atoms with E-state index in [1.165, 1.54) is 5.56 Å². The zero-order chi connectivity index (χ0) is 13.7. The predicted molar refractivity (Wildman–Crippen MR) is 80.4 cm³/mol. The lowest BCUT2D eigenvalue weighted by Gasteiger charge is -2.11. The number of aryl methyl sites for hydroxylation is 1. The van der Waals surface area contributed by atoms with Gasteiger partial charge in [-0.2, -0.15) is 0 Å². The molecule has 1 N–H and O–H groups in total. The number of hydrogen-bond donors (Lipinski definition) is 1. The third kappa shape index (κ3) is 4.08. The molecule has 19 heavy (non-hydrogen) atoms. The van der Waals surface area contributed by atoms with Crippen LogP contribution in [0.4, 0.5) is 0 Å². The third-order valence-corrected chi connectivity index (χ3v) is 3.65. The Kier molecular flexibility index (Phi) is 5.00. The van der Waals surface area contributed by atoms with Crippen molar-refractivity contribution in [1.29, 1.82) is 0 Å². The standard InChI is InChI=1S/C16H17BrO2/c1-19-15-9-2-12(3-10-15)4-11-16(18)13-5-7-14(17)8-6-13/h2-3,5-10,16,18H,4,11H2,1H3. The molecule has 0 aliphatic carbocycles. The molecule has 0 aromatic heterocycles. The largest absolute Gasteiger partial charge is 0.497 e. The molecule has 1 atom stereocenters. The van der Waals surface area contributed by atoms with Gasteiger partial charge >= 0.3 is 0 Å². The van der Waals surface area contributed by atoms with E-state index in [-0.39, 0.29) is 0 Å². The summed E-state index contributed by atoms with van der Waals surface area (Å²) >= 11 is 3.39. The fourth-order valence-corrected chi connectivity index (χ4v) is 2.21. The Bertz CT molecular complexity index is 505. The van der Waals surface area contributed by atoms with Gasteiger partial charge in [-0.05, 0) is 48.2 Å². The molecule has 2 aromatic rings. The van der Waals surface area contributed by atoms with Crippen LogP contribution in [0.5, 0.6) is 5.75 Å². The first-order valence-electron chi connectivity index (χ1n) is 6.25. The van der Waals surface area contributed by atoms with Gasteiger partial charge in [0.2, 0.25) is 0 Å². The fourth-order valence-electron chi connectivity index (χ4n) is 1.95. The van der Waals surface area contributed by atoms with Crippen LogP contribution in [-0.2, 0) is 6.42 Å². The summed E-state index contributed by atoms with van der Waals surface area (Å²) in [6.45, 7) is 0. The number of aliphatic hydroxyl groups is 1. The van der Waals surface area contributed by atoms with E-state index in [4.69, 9.17) is 4.74 Å². The monoisotopic (exact) mass is 320 g/mol. The average molecular weight is 321 g/mol. The normalized spacial score (nSPS) is 12.2. The number of aliphatic hydroxyl groups excluding tert-OH is 1. The summed E-state index contributed by atoms with van der Waals surface area (Å²) in [5.41, 5.74) is 2.16. The second-order valence-corrected chi connectivity index (χ2v) is 5.37. The molecular formula is C16H17BrO2. The number of benzene rings is 2. The van der Waals surface area contributed by atoms with Gasteiger partial charge in [-0.3, -0.25) is 0 Å². The first-order chi connectivity index (χ1) is 9.19. The summed E-state index contributed by atoms with van der Waals surface area (Å²) in [4.78, 5) is 0. The van der Waals surface area contributed by atoms with Gasteiger partial charge in [0.15, 0.2) is 0 Å². The van der Waals surface area contributed by atoms with Crippen LogP contribution in [-0.4, -0.2) is 12.2 Å². The number of hydrogen-bond acceptors (Lipinski definition) is 2. The van der Waals surface area contributed by atoms with Crippen LogP contribution >= 0.6 is 15.9 Å². The molecule has 100 valence electrons. The van der Waals surface area contributed by atoms with Crippen molar-refractivity contribution in [2.75, 3.05) is 7.11 Å². The van der Waals surface area contributed by atoms with Crippen LogP contribution in [0.3, 0.4) is 0 Å². The van der Waals surface area contributed by atoms with E-state index in [1.54, 1.807) is 7.11 Å². The Hall–Kier alpha value is -1.32. The highest BCUT2D eigenvalue weighted by Crippen LogP contribution is 2.22. The van der Waals surface area contributed by atoms with Crippen LogP contribution in [0.15, 0.2) is 53.0 Å². The first-order valence-corrected chi connectivity index (χ1v) is 7.05. The molecule has 0 fully saturated rings. The Balaban J connectivity index is 1.92. The van der Waals surface area contributed by atoms with Crippen LogP contribution in [0.25, 0.3) is 0 Å². The topological polar surface area (TPSA) is 29.5 Å². The Morgan fingerprint density at radius 1 is 1.05 bits per heavy atom. The van der Waals surface area contributed by atoms with E-state index >= 15 is 0 Å². The molecule has 0 amide bonds. The van der Waals surface area contributed by atoms with Crippen molar-refractivity contribution in [1.82, 2.24) is 0 Å². The number of methoxy groups -OCH3 is 1. The van der Waals surface area contributed by atoms with Gasteiger partial charge in [0, 0.05) is 4.47 Å². The smallest absolute Gasteiger partial charge is 0.118 e. The summed E-state index contributed by atoms with van der Waals surface area (Å²) in [5.74, 6) is 0.859. The molecule has 2 rings (SSSR count). The lowest BCUT2D eigenvalue weighted by atomic mass is 10.0. The van der Waals surface area contributed by atoms with Gasteiger partial charge in [-0.15, -0.1) is 0 Å². The molecule has 0 saturated heterocycles. The molecule has 0 spiro atoms. The van der Waals surface area contributed by atoms with Crippen molar-refractivity contribution in [3.8, 4) is 5.75 Å². The second-order valence-electron chi connectivity index (χ2n) is 4.45. The van der Waals surface area contributed by atoms with E-state index in [0.29, 0.717) is 6.42 Å². The Morgan fingerprint density at radius 3 is 2.26 bits per heavy atom. The SMILES string of the molecule is COc1ccc(CCC(O)c2ccc(Br)cc2)cc1. The molecule has 0 aliphatic rings. The molecule has 0 heterocycles. The van der Waals surface area contributed by atoms with E-state index in [9.17, 15) is 5.11 Å². The van der Waals surface area contributed by atoms with E-state index in [0.717, 1.165) is 22.2 Å². The summed E-state index contributed by atoms with van der Waals surface area (Å²) in [6, 6.07) is 15.8. The van der Waals surface area contributed by atoms with Crippen LogP contribution < -0.4 is 4.74 Å². The van der Waals surface area contributed by atoms with Gasteiger partial charge in [-0.25, -0.2) is 0 Å². The molecule has 0 saturated carbocycles. The van der Waals surface area contributed by atoms with Crippen molar-refractivity contribution in [3.63, 3.8) is 0 Å². The maximum absolute atomic E-state index is 10.1. The summed E-state index contributed by atoms with van der Waals surface area (Å²) in [7, 11) is 1.66. The van der Waals surface area contributed by atoms with E-state index < -0.39 is 6.10 Å². The van der Waals surface area contributed by atoms with Gasteiger partial charge in [0.1, 0.15) is 5.75 Å². The van der Waals surface area contributed by atoms with Crippen LogP contribution in [0, 0.1) is 0 Å². The lowest BCUT2D eigenvalue weighted by Crippen LogP contribution is -1.99. The van der Waals surface area contributed by atoms with Crippen molar-refractivity contribution < 1.29 is 9.84 Å². The van der Waals surface area contributed by atoms with Gasteiger partial charge < -0.3 is 9.84 Å². The van der Waals surface area contributed by atoms with Gasteiger partial charge in [0.05, 0.1) is 13.2 Å². The Labute approximate surface area is 122 Å². The van der Waals surface area contributed by atoms with Crippen LogP contribution in [0.1, 0.15) is 23.7 Å². The second kappa shape index (κ2) is 6.73. The minimum Gasteiger partial charge on any atom is -0.497 e. The molecule has 0 bridgehead atoms. The molecule has 2 nitrogen and oxygen atoms in total. The van der Waals surface area contributed by atoms with Gasteiger partial charge in [0.25, 0.3) is 0 Å². The summed E-state index contributed by atoms with van der Waals surface area (Å²) in [6.07, 6.45) is 1.14. The molecule has 0 radical (unpaired) electrons. The highest BCUT2D eigenvalue weighted by molar-refractivity contribution is 9.10. The highest BCUT2D eigenvalue weighted by atomic mass is 79.9. The summed E-state index contributed by atoms with van der Waals surface area (Å²) < 4.78 is 6.15. The first kappa shape index (κ1) is 14.1. The van der Waals surface area contributed by atoms with Crippen molar-refractivity contribution in [3.05, 3.63) is 64.1 Å². The maximum atomic E-state index is 10.1. The molecule has 2 aromatic carbocycles. The van der Waals surface area contributed by atoms with Crippen LogP contribution in [0.2, 0.25) is 0 Å². The molecule has 0 aliphatic heterocycles. The average Bonchev–Trinajstić information content (AvgIpc) is 2.46. The fraction of sp³-hybridized carbons (Fsp3) is 0.250. The highest BCUT2D eigenvalue weighted by Gasteiger charge is 2.07. The zero-order valence-electron chi connectivity index (χ0n) is 10.8. The minimum atomic E-state index is -0.421. The Morgan fingerprint density at radius 2 is 1.68 bits per heavy atom. The maximum Gasteiger partial charge on any atom is 0.118 e. The predicted octanol–water partition coefficient (Wildman–Crippen LogP) is 4.12. The van der Waals surface area contributed by atoms with Crippen molar-refractivity contribution in [2.24, 2.45) is 0 Å². The molecule has 1 unspecified atom stereocenters. The van der Waals surface area contributed by atoms with E-state index in [2.05, 4.69) is 15.9 Å². The van der Waals surface area contributed by atoms with E-state index in [1.807, 2.05) is 48.5 Å². The minimum absolute atomic E-state index is 0.421. The van der Waals surface area contributed by atoms with Gasteiger partial charge in [-0.1, -0.05) is 40.2 Å². The third-order valence-electron chi connectivity index (χ3n) is 3.12. The molecule has 3 heteroatoms. The number of rotatable bonds is 5. The van der Waals surface area contributed by atoms with Crippen molar-refractivity contribution >= 4 is 15.9 Å². The molecular weight excluding hydrogens is 304 g/mol. The lowest BCUT2D eigenvalue weighted by molar-refractivity contribution is 0.168. The number of halogens is 1. The quantitative estimate of drug-likeness (QED) is 0.897. The zero-order valence-corrected chi connectivity index (χ0v) is 12.4. The summed E-state index contributed by atoms with van der Waals surface area (Å²) in [5, 5.41) is 10.1.